The fourth-order valence-corrected chi connectivity index (χ4v) is 3.63. The van der Waals surface area contributed by atoms with E-state index in [0.717, 1.165) is 12.1 Å². The third-order valence-corrected chi connectivity index (χ3v) is 5.38. The van der Waals surface area contributed by atoms with E-state index in [-0.39, 0.29) is 30.5 Å². The highest BCUT2D eigenvalue weighted by molar-refractivity contribution is 5.95. The fraction of sp³-hybridized carbons (Fsp3) is 0.435. The number of morpholine rings is 1. The summed E-state index contributed by atoms with van der Waals surface area (Å²) in [4.78, 5) is 30.9. The van der Waals surface area contributed by atoms with Gasteiger partial charge < -0.3 is 14.8 Å². The maximum absolute atomic E-state index is 13.0. The Balaban J connectivity index is 1.74. The third kappa shape index (κ3) is 6.29. The van der Waals surface area contributed by atoms with Crippen LogP contribution in [0.1, 0.15) is 50.6 Å². The molecule has 0 saturated carbocycles. The highest BCUT2D eigenvalue weighted by Crippen LogP contribution is 2.31. The molecule has 33 heavy (non-hydrogen) atoms. The van der Waals surface area contributed by atoms with Gasteiger partial charge in [-0.1, -0.05) is 12.1 Å². The lowest BCUT2D eigenvalue weighted by molar-refractivity contribution is -0.137. The zero-order chi connectivity index (χ0) is 24.0. The number of aromatic nitrogens is 1. The molecule has 1 N–H and O–H groups in total. The van der Waals surface area contributed by atoms with Crippen molar-refractivity contribution in [3.8, 4) is 0 Å². The lowest BCUT2D eigenvalue weighted by Gasteiger charge is -2.35. The summed E-state index contributed by atoms with van der Waals surface area (Å²) in [6.45, 7) is 5.90. The van der Waals surface area contributed by atoms with E-state index in [2.05, 4.69) is 15.2 Å². The topological polar surface area (TPSA) is 80.8 Å². The number of pyridine rings is 1. The van der Waals surface area contributed by atoms with Crippen LogP contribution < -0.4 is 5.32 Å². The van der Waals surface area contributed by atoms with Crippen molar-refractivity contribution in [1.82, 2.24) is 15.2 Å². The third-order valence-electron chi connectivity index (χ3n) is 5.38. The summed E-state index contributed by atoms with van der Waals surface area (Å²) in [7, 11) is 0. The molecular weight excluding hydrogens is 439 g/mol. The normalized spacial score (nSPS) is 15.7. The Kier molecular flexibility index (Phi) is 8.04. The zero-order valence-corrected chi connectivity index (χ0v) is 18.4. The number of alkyl halides is 3. The van der Waals surface area contributed by atoms with Gasteiger partial charge in [0.2, 0.25) is 0 Å². The van der Waals surface area contributed by atoms with Gasteiger partial charge in [-0.15, -0.1) is 0 Å². The van der Waals surface area contributed by atoms with Gasteiger partial charge in [0.25, 0.3) is 5.91 Å². The minimum atomic E-state index is -4.42. The van der Waals surface area contributed by atoms with Crippen molar-refractivity contribution in [3.05, 3.63) is 64.5 Å². The van der Waals surface area contributed by atoms with Crippen LogP contribution in [0.15, 0.2) is 36.4 Å². The highest BCUT2D eigenvalue weighted by Gasteiger charge is 2.31. The van der Waals surface area contributed by atoms with Crippen LogP contribution in [0.3, 0.4) is 0 Å². The van der Waals surface area contributed by atoms with Gasteiger partial charge >= 0.3 is 12.1 Å². The average Bonchev–Trinajstić information content (AvgIpc) is 2.79. The Bertz CT molecular complexity index is 974. The summed E-state index contributed by atoms with van der Waals surface area (Å²) in [6.07, 6.45) is -4.42. The van der Waals surface area contributed by atoms with Gasteiger partial charge in [-0.2, -0.15) is 13.2 Å². The molecule has 3 rings (SSSR count). The Morgan fingerprint density at radius 3 is 2.39 bits per heavy atom. The van der Waals surface area contributed by atoms with Crippen molar-refractivity contribution in [2.45, 2.75) is 26.1 Å². The van der Waals surface area contributed by atoms with Crippen LogP contribution in [0.2, 0.25) is 0 Å². The van der Waals surface area contributed by atoms with Crippen molar-refractivity contribution < 1.29 is 32.2 Å². The van der Waals surface area contributed by atoms with Crippen LogP contribution in [0, 0.1) is 6.92 Å². The molecule has 1 unspecified atom stereocenters. The maximum Gasteiger partial charge on any atom is 0.416 e. The van der Waals surface area contributed by atoms with Gasteiger partial charge in [-0.05, 0) is 43.7 Å². The predicted octanol–water partition coefficient (Wildman–Crippen LogP) is 3.39. The molecule has 178 valence electrons. The van der Waals surface area contributed by atoms with Crippen molar-refractivity contribution in [2.24, 2.45) is 0 Å². The Morgan fingerprint density at radius 2 is 1.82 bits per heavy atom. The minimum Gasteiger partial charge on any atom is -0.462 e. The second-order valence-corrected chi connectivity index (χ2v) is 7.54. The molecule has 1 saturated heterocycles. The molecule has 0 bridgehead atoms. The number of amides is 1. The van der Waals surface area contributed by atoms with E-state index in [4.69, 9.17) is 9.47 Å². The maximum atomic E-state index is 13.0. The standard InChI is InChI=1S/C23H26F3N3O4/c1-3-33-22(31)18-8-9-19(28-15(18)2)21(30)27-14-20(29-10-12-32-13-11-29)16-4-6-17(7-5-16)23(24,25)26/h4-9,20H,3,10-14H2,1-2H3,(H,27,30). The molecule has 1 aromatic carbocycles. The average molecular weight is 465 g/mol. The molecular formula is C23H26F3N3O4. The number of carbonyl (C=O) groups excluding carboxylic acids is 2. The van der Waals surface area contributed by atoms with E-state index in [9.17, 15) is 22.8 Å². The first-order valence-electron chi connectivity index (χ1n) is 10.6. The van der Waals surface area contributed by atoms with Crippen LogP contribution in [-0.2, 0) is 15.7 Å². The Morgan fingerprint density at radius 1 is 1.15 bits per heavy atom. The van der Waals surface area contributed by atoms with E-state index in [1.165, 1.54) is 24.3 Å². The zero-order valence-electron chi connectivity index (χ0n) is 18.4. The van der Waals surface area contributed by atoms with E-state index >= 15 is 0 Å². The van der Waals surface area contributed by atoms with Gasteiger partial charge in [0, 0.05) is 19.6 Å². The predicted molar refractivity (Wildman–Crippen MR) is 114 cm³/mol. The van der Waals surface area contributed by atoms with Crippen molar-refractivity contribution in [2.75, 3.05) is 39.5 Å². The number of esters is 1. The molecule has 10 heteroatoms. The number of halogens is 3. The quantitative estimate of drug-likeness (QED) is 0.632. The van der Waals surface area contributed by atoms with E-state index in [1.54, 1.807) is 13.8 Å². The van der Waals surface area contributed by atoms with Crippen molar-refractivity contribution >= 4 is 11.9 Å². The summed E-state index contributed by atoms with van der Waals surface area (Å²) < 4.78 is 49.2. The van der Waals surface area contributed by atoms with Crippen molar-refractivity contribution in [1.29, 1.82) is 0 Å². The molecule has 2 heterocycles. The second-order valence-electron chi connectivity index (χ2n) is 7.54. The van der Waals surface area contributed by atoms with Gasteiger partial charge in [0.15, 0.2) is 0 Å². The van der Waals surface area contributed by atoms with E-state index < -0.39 is 23.6 Å². The fourth-order valence-electron chi connectivity index (χ4n) is 3.63. The first-order chi connectivity index (χ1) is 15.7. The number of hydrogen-bond acceptors (Lipinski definition) is 6. The van der Waals surface area contributed by atoms with Crippen LogP contribution in [0.5, 0.6) is 0 Å². The number of nitrogens with one attached hydrogen (secondary N) is 1. The number of nitrogens with zero attached hydrogens (tertiary/aromatic N) is 2. The number of aryl methyl sites for hydroxylation is 1. The lowest BCUT2D eigenvalue weighted by atomic mass is 10.0. The lowest BCUT2D eigenvalue weighted by Crippen LogP contribution is -2.44. The summed E-state index contributed by atoms with van der Waals surface area (Å²) in [5, 5.41) is 2.82. The molecule has 1 aliphatic heterocycles. The minimum absolute atomic E-state index is 0.133. The largest absolute Gasteiger partial charge is 0.462 e. The number of carbonyl (C=O) groups is 2. The highest BCUT2D eigenvalue weighted by atomic mass is 19.4. The number of benzene rings is 1. The molecule has 1 amide bonds. The second kappa shape index (κ2) is 10.8. The molecule has 0 spiro atoms. The number of hydrogen-bond donors (Lipinski definition) is 1. The summed E-state index contributed by atoms with van der Waals surface area (Å²) in [5.74, 6) is -0.956. The van der Waals surface area contributed by atoms with E-state index in [0.29, 0.717) is 37.6 Å². The Hall–Kier alpha value is -2.98. The number of rotatable bonds is 7. The number of ether oxygens (including phenoxy) is 2. The summed E-state index contributed by atoms with van der Waals surface area (Å²) >= 11 is 0. The van der Waals surface area contributed by atoms with Gasteiger partial charge in [-0.25, -0.2) is 9.78 Å². The first-order valence-corrected chi connectivity index (χ1v) is 10.6. The van der Waals surface area contributed by atoms with Crippen LogP contribution in [0.25, 0.3) is 0 Å². The van der Waals surface area contributed by atoms with E-state index in [1.807, 2.05) is 0 Å². The van der Waals surface area contributed by atoms with Crippen molar-refractivity contribution in [3.63, 3.8) is 0 Å². The molecule has 7 nitrogen and oxygen atoms in total. The SMILES string of the molecule is CCOC(=O)c1ccc(C(=O)NCC(c2ccc(C(F)(F)F)cc2)N2CCOCC2)nc1C. The summed E-state index contributed by atoms with van der Waals surface area (Å²) in [5.41, 5.74) is 0.719. The molecule has 2 aromatic rings. The van der Waals surface area contributed by atoms with Gasteiger partial charge in [-0.3, -0.25) is 9.69 Å². The Labute approximate surface area is 189 Å². The molecule has 1 aliphatic rings. The summed E-state index contributed by atoms with van der Waals surface area (Å²) in [6, 6.07) is 7.56. The monoisotopic (exact) mass is 465 g/mol. The smallest absolute Gasteiger partial charge is 0.416 e. The molecule has 0 radical (unpaired) electrons. The van der Waals surface area contributed by atoms with Crippen LogP contribution in [0.4, 0.5) is 13.2 Å². The molecule has 1 aromatic heterocycles. The first kappa shape index (κ1) is 24.7. The van der Waals surface area contributed by atoms with Crippen LogP contribution in [-0.4, -0.2) is 61.2 Å². The molecule has 1 atom stereocenters. The molecule has 0 aliphatic carbocycles. The molecule has 1 fully saturated rings. The van der Waals surface area contributed by atoms with Crippen LogP contribution >= 0.6 is 0 Å². The van der Waals surface area contributed by atoms with Gasteiger partial charge in [0.05, 0.1) is 42.7 Å². The van der Waals surface area contributed by atoms with Gasteiger partial charge in [0.1, 0.15) is 5.69 Å².